The molecule has 0 saturated carbocycles. The van der Waals surface area contributed by atoms with Gasteiger partial charge in [-0.05, 0) is 35.6 Å². The highest BCUT2D eigenvalue weighted by Crippen LogP contribution is 2.25. The highest BCUT2D eigenvalue weighted by Gasteiger charge is 2.46. The molecule has 8 heteroatoms. The van der Waals surface area contributed by atoms with Crippen molar-refractivity contribution in [2.45, 2.75) is 50.1 Å². The van der Waals surface area contributed by atoms with Crippen LogP contribution >= 0.6 is 11.8 Å². The van der Waals surface area contributed by atoms with Crippen LogP contribution in [0.2, 0.25) is 0 Å². The highest BCUT2D eigenvalue weighted by molar-refractivity contribution is 7.98. The van der Waals surface area contributed by atoms with Gasteiger partial charge in [-0.2, -0.15) is 11.8 Å². The molecule has 2 aromatic rings. The van der Waals surface area contributed by atoms with Crippen LogP contribution in [-0.2, 0) is 15.3 Å². The number of piperazine rings is 1. The van der Waals surface area contributed by atoms with Crippen molar-refractivity contribution in [2.75, 3.05) is 17.6 Å². The summed E-state index contributed by atoms with van der Waals surface area (Å²) in [6.07, 6.45) is 0.418. The van der Waals surface area contributed by atoms with Crippen LogP contribution in [0.15, 0.2) is 54.6 Å². The van der Waals surface area contributed by atoms with E-state index in [9.17, 15) is 14.4 Å². The molecule has 33 heavy (non-hydrogen) atoms. The number of thioether (sulfide) groups is 1. The van der Waals surface area contributed by atoms with Gasteiger partial charge in [0, 0.05) is 23.7 Å². The van der Waals surface area contributed by atoms with Crippen molar-refractivity contribution in [1.29, 1.82) is 0 Å². The van der Waals surface area contributed by atoms with Crippen molar-refractivity contribution in [1.82, 2.24) is 15.5 Å². The first-order chi connectivity index (χ1) is 15.9. The van der Waals surface area contributed by atoms with Crippen molar-refractivity contribution in [3.8, 4) is 0 Å². The monoisotopic (exact) mass is 466 g/mol. The summed E-state index contributed by atoms with van der Waals surface area (Å²) >= 11 is 1.63. The number of carbonyl (C=O) groups excluding carboxylic acids is 3. The lowest BCUT2D eigenvalue weighted by molar-refractivity contribution is -0.146. The Bertz CT molecular complexity index is 996. The van der Waals surface area contributed by atoms with E-state index < -0.39 is 12.1 Å². The van der Waals surface area contributed by atoms with Crippen LogP contribution in [0.1, 0.15) is 37.3 Å². The second kappa shape index (κ2) is 10.3. The van der Waals surface area contributed by atoms with Crippen LogP contribution < -0.4 is 16.0 Å². The van der Waals surface area contributed by atoms with Gasteiger partial charge in [-0.1, -0.05) is 56.3 Å². The normalized spacial score (nSPS) is 22.2. The van der Waals surface area contributed by atoms with Crippen molar-refractivity contribution in [3.05, 3.63) is 65.7 Å². The molecule has 4 rings (SSSR count). The zero-order valence-corrected chi connectivity index (χ0v) is 19.7. The third-order valence-corrected chi connectivity index (χ3v) is 7.17. The molecule has 7 nitrogen and oxygen atoms in total. The third kappa shape index (κ3) is 5.68. The summed E-state index contributed by atoms with van der Waals surface area (Å²) in [4.78, 5) is 39.7. The Kier molecular flexibility index (Phi) is 7.23. The molecule has 2 saturated heterocycles. The van der Waals surface area contributed by atoms with Gasteiger partial charge in [0.25, 0.3) is 0 Å². The minimum absolute atomic E-state index is 0.0749. The molecule has 2 heterocycles. The van der Waals surface area contributed by atoms with Gasteiger partial charge in [-0.25, -0.2) is 4.79 Å². The van der Waals surface area contributed by atoms with Crippen LogP contribution in [0.3, 0.4) is 0 Å². The average Bonchev–Trinajstić information content (AvgIpc) is 3.22. The second-order valence-electron chi connectivity index (χ2n) is 8.88. The van der Waals surface area contributed by atoms with E-state index in [4.69, 9.17) is 0 Å². The molecule has 174 valence electrons. The number of rotatable bonds is 7. The van der Waals surface area contributed by atoms with Crippen LogP contribution in [0.5, 0.6) is 0 Å². The summed E-state index contributed by atoms with van der Waals surface area (Å²) in [6.45, 7) is 4.58. The Hall–Kier alpha value is -3.00. The summed E-state index contributed by atoms with van der Waals surface area (Å²) in [5.74, 6) is 1.51. The molecule has 2 aliphatic rings. The van der Waals surface area contributed by atoms with Crippen molar-refractivity contribution < 1.29 is 14.4 Å². The summed E-state index contributed by atoms with van der Waals surface area (Å²) < 4.78 is 0. The molecule has 0 aromatic heterocycles. The summed E-state index contributed by atoms with van der Waals surface area (Å²) in [7, 11) is 0. The molecule has 2 aromatic carbocycles. The molecule has 2 fully saturated rings. The summed E-state index contributed by atoms with van der Waals surface area (Å²) in [5.41, 5.74) is 3.09. The molecular formula is C25H30N4O3S. The van der Waals surface area contributed by atoms with Gasteiger partial charge in [-0.15, -0.1) is 0 Å². The van der Waals surface area contributed by atoms with Gasteiger partial charge in [0.05, 0.1) is 6.04 Å². The van der Waals surface area contributed by atoms with Crippen molar-refractivity contribution >= 4 is 35.3 Å². The van der Waals surface area contributed by atoms with Crippen LogP contribution in [-0.4, -0.2) is 53.2 Å². The molecule has 0 spiro atoms. The predicted octanol–water partition coefficient (Wildman–Crippen LogP) is 3.33. The number of hydrogen-bond donors (Lipinski definition) is 3. The number of urea groups is 1. The van der Waals surface area contributed by atoms with E-state index in [1.54, 1.807) is 16.7 Å². The van der Waals surface area contributed by atoms with E-state index in [2.05, 4.69) is 29.8 Å². The zero-order chi connectivity index (χ0) is 23.4. The summed E-state index contributed by atoms with van der Waals surface area (Å²) in [6, 6.07) is 16.1. The van der Waals surface area contributed by atoms with Gasteiger partial charge in [0.1, 0.15) is 12.1 Å². The maximum absolute atomic E-state index is 13.0. The van der Waals surface area contributed by atoms with Crippen molar-refractivity contribution in [3.63, 3.8) is 0 Å². The van der Waals surface area contributed by atoms with Gasteiger partial charge in [0.2, 0.25) is 11.8 Å². The fourth-order valence-electron chi connectivity index (χ4n) is 4.25. The summed E-state index contributed by atoms with van der Waals surface area (Å²) in [5, 5.41) is 8.62. The zero-order valence-electron chi connectivity index (χ0n) is 18.9. The molecule has 3 N–H and O–H groups in total. The largest absolute Gasteiger partial charge is 0.342 e. The molecule has 2 aliphatic heterocycles. The van der Waals surface area contributed by atoms with E-state index in [1.807, 2.05) is 54.6 Å². The number of nitrogens with zero attached hydrogens (tertiary/aromatic N) is 1. The second-order valence-corrected chi connectivity index (χ2v) is 9.91. The maximum atomic E-state index is 13.0. The molecule has 0 bridgehead atoms. The lowest BCUT2D eigenvalue weighted by Gasteiger charge is -2.34. The van der Waals surface area contributed by atoms with Crippen LogP contribution in [0, 0.1) is 0 Å². The average molecular weight is 467 g/mol. The minimum Gasteiger partial charge on any atom is -0.342 e. The topological polar surface area (TPSA) is 90.5 Å². The first kappa shape index (κ1) is 23.2. The Balaban J connectivity index is 1.28. The maximum Gasteiger partial charge on any atom is 0.319 e. The molecule has 0 unspecified atom stereocenters. The number of carbonyl (C=O) groups is 3. The van der Waals surface area contributed by atoms with E-state index in [0.29, 0.717) is 30.3 Å². The Morgan fingerprint density at radius 3 is 2.55 bits per heavy atom. The molecule has 0 radical (unpaired) electrons. The quantitative estimate of drug-likeness (QED) is 0.584. The van der Waals surface area contributed by atoms with E-state index >= 15 is 0 Å². The number of benzene rings is 2. The van der Waals surface area contributed by atoms with Crippen LogP contribution in [0.25, 0.3) is 0 Å². The number of anilines is 1. The van der Waals surface area contributed by atoms with Gasteiger partial charge in [-0.3, -0.25) is 9.59 Å². The van der Waals surface area contributed by atoms with Crippen molar-refractivity contribution in [2.24, 2.45) is 0 Å². The van der Waals surface area contributed by atoms with E-state index in [0.717, 1.165) is 5.75 Å². The first-order valence-corrected chi connectivity index (χ1v) is 12.5. The fourth-order valence-corrected chi connectivity index (χ4v) is 5.26. The third-order valence-electron chi connectivity index (χ3n) is 6.07. The molecule has 0 aliphatic carbocycles. The van der Waals surface area contributed by atoms with Gasteiger partial charge < -0.3 is 20.9 Å². The van der Waals surface area contributed by atoms with Gasteiger partial charge >= 0.3 is 6.03 Å². The molecule has 3 atom stereocenters. The Morgan fingerprint density at radius 1 is 1.12 bits per heavy atom. The van der Waals surface area contributed by atoms with E-state index in [-0.39, 0.29) is 23.9 Å². The number of hydrogen-bond acceptors (Lipinski definition) is 4. The SMILES string of the molecule is CC(C)c1ccc(NC(=O)N[C@H]2C[C@H]3C(=O)N[C@@H](CSCc4ccccc4)C(=O)N3C2)cc1. The Labute approximate surface area is 198 Å². The molecular weight excluding hydrogens is 436 g/mol. The Morgan fingerprint density at radius 2 is 1.85 bits per heavy atom. The molecule has 4 amide bonds. The van der Waals surface area contributed by atoms with Gasteiger partial charge in [0.15, 0.2) is 0 Å². The van der Waals surface area contributed by atoms with Crippen LogP contribution in [0.4, 0.5) is 10.5 Å². The lowest BCUT2D eigenvalue weighted by atomic mass is 10.0. The van der Waals surface area contributed by atoms with E-state index in [1.165, 1.54) is 11.1 Å². The fraction of sp³-hybridized carbons (Fsp3) is 0.400. The smallest absolute Gasteiger partial charge is 0.319 e. The number of fused-ring (bicyclic) bond motifs is 1. The first-order valence-electron chi connectivity index (χ1n) is 11.3. The standard InChI is InChI=1S/C25H30N4O3S/c1-16(2)18-8-10-19(11-9-18)26-25(32)27-20-12-22-23(30)28-21(24(31)29(22)13-20)15-33-14-17-6-4-3-5-7-17/h3-11,16,20-22H,12-15H2,1-2H3,(H,28,30)(H2,26,27,32)/t20-,21-,22-/m0/s1. The number of amides is 4. The highest BCUT2D eigenvalue weighted by atomic mass is 32.2. The minimum atomic E-state index is -0.533. The lowest BCUT2D eigenvalue weighted by Crippen LogP contribution is -2.61. The predicted molar refractivity (Wildman–Crippen MR) is 131 cm³/mol. The number of nitrogens with one attached hydrogen (secondary N) is 3.